The molecule has 4 N–H and O–H groups in total. The number of carbonyl (C=O) groups is 2. The summed E-state index contributed by atoms with van der Waals surface area (Å²) in [6, 6.07) is 13.8. The standard InChI is InChI=1S/C26H34N2O2/c1-23(2)15-26(7,18-11-8-16(9-12-18)21(29)24(3,4)27)19-13-10-17(14-20(19)23)22(30)25(5,6)28/h8-14H,15,27-28H2,1-7H3. The lowest BCUT2D eigenvalue weighted by Gasteiger charge is -2.29. The zero-order chi connectivity index (χ0) is 22.7. The Hall–Kier alpha value is -2.30. The van der Waals surface area contributed by atoms with Crippen LogP contribution in [0.5, 0.6) is 0 Å². The monoisotopic (exact) mass is 406 g/mol. The van der Waals surface area contributed by atoms with Gasteiger partial charge in [0.2, 0.25) is 0 Å². The van der Waals surface area contributed by atoms with Gasteiger partial charge >= 0.3 is 0 Å². The van der Waals surface area contributed by atoms with E-state index in [2.05, 4.69) is 26.8 Å². The van der Waals surface area contributed by atoms with Gasteiger partial charge in [0.25, 0.3) is 0 Å². The molecule has 0 heterocycles. The molecule has 0 spiro atoms. The van der Waals surface area contributed by atoms with Crippen LogP contribution in [0.15, 0.2) is 42.5 Å². The largest absolute Gasteiger partial charge is 0.319 e. The smallest absolute Gasteiger partial charge is 0.182 e. The van der Waals surface area contributed by atoms with E-state index in [4.69, 9.17) is 11.5 Å². The minimum atomic E-state index is -0.903. The topological polar surface area (TPSA) is 86.2 Å². The lowest BCUT2D eigenvalue weighted by molar-refractivity contribution is 0.0907. The van der Waals surface area contributed by atoms with Gasteiger partial charge in [-0.2, -0.15) is 0 Å². The van der Waals surface area contributed by atoms with Crippen molar-refractivity contribution in [2.45, 2.75) is 76.8 Å². The maximum Gasteiger partial charge on any atom is 0.182 e. The highest BCUT2D eigenvalue weighted by atomic mass is 16.1. The Labute approximate surface area is 180 Å². The van der Waals surface area contributed by atoms with Gasteiger partial charge in [-0.1, -0.05) is 57.2 Å². The number of fused-ring (bicyclic) bond motifs is 1. The van der Waals surface area contributed by atoms with Crippen LogP contribution in [-0.4, -0.2) is 22.6 Å². The second-order valence-corrected chi connectivity index (χ2v) is 10.8. The number of benzene rings is 2. The van der Waals surface area contributed by atoms with E-state index in [1.54, 1.807) is 27.7 Å². The minimum Gasteiger partial charge on any atom is -0.319 e. The quantitative estimate of drug-likeness (QED) is 0.715. The van der Waals surface area contributed by atoms with Crippen LogP contribution in [0.1, 0.15) is 92.3 Å². The summed E-state index contributed by atoms with van der Waals surface area (Å²) in [5.74, 6) is -0.124. The van der Waals surface area contributed by atoms with Crippen LogP contribution >= 0.6 is 0 Å². The highest BCUT2D eigenvalue weighted by molar-refractivity contribution is 6.03. The van der Waals surface area contributed by atoms with Crippen molar-refractivity contribution >= 4 is 11.6 Å². The molecule has 2 aromatic rings. The zero-order valence-corrected chi connectivity index (χ0v) is 19.2. The van der Waals surface area contributed by atoms with Gasteiger partial charge in [-0.15, -0.1) is 0 Å². The minimum absolute atomic E-state index is 0.0537. The van der Waals surface area contributed by atoms with Crippen LogP contribution in [0.4, 0.5) is 0 Å². The maximum absolute atomic E-state index is 12.7. The Balaban J connectivity index is 2.05. The number of hydrogen-bond acceptors (Lipinski definition) is 4. The Kier molecular flexibility index (Phi) is 5.12. The lowest BCUT2D eigenvalue weighted by Crippen LogP contribution is -2.41. The van der Waals surface area contributed by atoms with Crippen LogP contribution in [0.2, 0.25) is 0 Å². The Morgan fingerprint density at radius 2 is 1.23 bits per heavy atom. The van der Waals surface area contributed by atoms with Crippen LogP contribution < -0.4 is 11.5 Å². The molecule has 1 unspecified atom stereocenters. The van der Waals surface area contributed by atoms with E-state index >= 15 is 0 Å². The molecule has 1 aliphatic rings. The fraction of sp³-hybridized carbons (Fsp3) is 0.462. The predicted molar refractivity (Wildman–Crippen MR) is 122 cm³/mol. The summed E-state index contributed by atoms with van der Waals surface area (Å²) >= 11 is 0. The summed E-state index contributed by atoms with van der Waals surface area (Å²) in [5, 5.41) is 0. The zero-order valence-electron chi connectivity index (χ0n) is 19.2. The van der Waals surface area contributed by atoms with Crippen LogP contribution in [0, 0.1) is 0 Å². The van der Waals surface area contributed by atoms with Gasteiger partial charge in [-0.25, -0.2) is 0 Å². The summed E-state index contributed by atoms with van der Waals surface area (Å²) in [6.07, 6.45) is 0.911. The molecule has 0 bridgehead atoms. The van der Waals surface area contributed by atoms with Crippen LogP contribution in [-0.2, 0) is 10.8 Å². The first-order valence-electron chi connectivity index (χ1n) is 10.5. The van der Waals surface area contributed by atoms with Crippen molar-refractivity contribution < 1.29 is 9.59 Å². The Morgan fingerprint density at radius 1 is 0.767 bits per heavy atom. The molecular formula is C26H34N2O2. The SMILES string of the molecule is CC(C)(N)C(=O)c1ccc(C2(C)CC(C)(C)c3cc(C(=O)C(C)(C)N)ccc32)cc1. The van der Waals surface area contributed by atoms with E-state index in [-0.39, 0.29) is 22.4 Å². The van der Waals surface area contributed by atoms with E-state index in [1.165, 1.54) is 11.1 Å². The van der Waals surface area contributed by atoms with E-state index < -0.39 is 11.1 Å². The summed E-state index contributed by atoms with van der Waals surface area (Å²) in [6.45, 7) is 13.6. The number of ketones is 2. The van der Waals surface area contributed by atoms with Crippen LogP contribution in [0.25, 0.3) is 0 Å². The molecule has 0 saturated carbocycles. The fourth-order valence-electron chi connectivity index (χ4n) is 4.79. The van der Waals surface area contributed by atoms with Crippen molar-refractivity contribution in [3.8, 4) is 0 Å². The maximum atomic E-state index is 12.7. The molecule has 1 aliphatic carbocycles. The summed E-state index contributed by atoms with van der Waals surface area (Å²) < 4.78 is 0. The normalized spacial score (nSPS) is 20.7. The number of Topliss-reactive ketones (excluding diaryl/α,β-unsaturated/α-hetero) is 2. The van der Waals surface area contributed by atoms with Crippen molar-refractivity contribution in [2.24, 2.45) is 11.5 Å². The van der Waals surface area contributed by atoms with E-state index in [9.17, 15) is 9.59 Å². The summed E-state index contributed by atoms with van der Waals surface area (Å²) in [5.41, 5.74) is 14.8. The van der Waals surface area contributed by atoms with E-state index in [1.807, 2.05) is 36.4 Å². The van der Waals surface area contributed by atoms with Crippen molar-refractivity contribution in [3.05, 3.63) is 70.3 Å². The molecule has 30 heavy (non-hydrogen) atoms. The second-order valence-electron chi connectivity index (χ2n) is 10.8. The van der Waals surface area contributed by atoms with Gasteiger partial charge in [0.15, 0.2) is 11.6 Å². The molecule has 0 saturated heterocycles. The van der Waals surface area contributed by atoms with Crippen LogP contribution in [0.3, 0.4) is 0 Å². The average molecular weight is 407 g/mol. The Morgan fingerprint density at radius 3 is 1.73 bits per heavy atom. The molecular weight excluding hydrogens is 372 g/mol. The molecule has 4 heteroatoms. The van der Waals surface area contributed by atoms with Gasteiger partial charge in [-0.3, -0.25) is 9.59 Å². The van der Waals surface area contributed by atoms with E-state index in [0.717, 1.165) is 12.0 Å². The average Bonchev–Trinajstić information content (AvgIpc) is 2.85. The van der Waals surface area contributed by atoms with Crippen molar-refractivity contribution in [1.82, 2.24) is 0 Å². The summed E-state index contributed by atoms with van der Waals surface area (Å²) in [7, 11) is 0. The predicted octanol–water partition coefficient (Wildman–Crippen LogP) is 4.51. The molecule has 1 atom stereocenters. The molecule has 3 rings (SSSR count). The Bertz CT molecular complexity index is 1000. The van der Waals surface area contributed by atoms with Crippen molar-refractivity contribution in [2.75, 3.05) is 0 Å². The van der Waals surface area contributed by atoms with Crippen molar-refractivity contribution in [1.29, 1.82) is 0 Å². The molecule has 0 fully saturated rings. The first kappa shape index (κ1) is 22.4. The third-order valence-corrected chi connectivity index (χ3v) is 6.36. The number of hydrogen-bond donors (Lipinski definition) is 2. The van der Waals surface area contributed by atoms with Gasteiger partial charge in [0.1, 0.15) is 0 Å². The first-order chi connectivity index (χ1) is 13.6. The van der Waals surface area contributed by atoms with E-state index in [0.29, 0.717) is 11.1 Å². The number of rotatable bonds is 5. The second kappa shape index (κ2) is 6.86. The molecule has 160 valence electrons. The molecule has 0 aromatic heterocycles. The van der Waals surface area contributed by atoms with Gasteiger partial charge in [0.05, 0.1) is 11.1 Å². The molecule has 0 amide bonds. The fourth-order valence-corrected chi connectivity index (χ4v) is 4.79. The van der Waals surface area contributed by atoms with Gasteiger partial charge < -0.3 is 11.5 Å². The van der Waals surface area contributed by atoms with Gasteiger partial charge in [-0.05, 0) is 62.3 Å². The third kappa shape index (κ3) is 3.75. The number of nitrogens with two attached hydrogens (primary N) is 2. The molecule has 0 radical (unpaired) electrons. The van der Waals surface area contributed by atoms with Gasteiger partial charge in [0, 0.05) is 16.5 Å². The highest BCUT2D eigenvalue weighted by Crippen LogP contribution is 2.53. The number of carbonyl (C=O) groups excluding carboxylic acids is 2. The lowest BCUT2D eigenvalue weighted by atomic mass is 9.74. The summed E-state index contributed by atoms with van der Waals surface area (Å²) in [4.78, 5) is 25.2. The molecule has 2 aromatic carbocycles. The van der Waals surface area contributed by atoms with Crippen molar-refractivity contribution in [3.63, 3.8) is 0 Å². The third-order valence-electron chi connectivity index (χ3n) is 6.36. The molecule has 0 aliphatic heterocycles. The molecule has 4 nitrogen and oxygen atoms in total. The highest BCUT2D eigenvalue weighted by Gasteiger charge is 2.46. The first-order valence-corrected chi connectivity index (χ1v) is 10.5.